The van der Waals surface area contributed by atoms with Crippen molar-refractivity contribution in [3.8, 4) is 11.6 Å². The molecule has 0 aromatic carbocycles. The summed E-state index contributed by atoms with van der Waals surface area (Å²) in [5.74, 6) is 1.60. The molecular formula is C13H18N2O3. The Morgan fingerprint density at radius 2 is 1.89 bits per heavy atom. The van der Waals surface area contributed by atoms with E-state index in [0.717, 1.165) is 37.7 Å². The Bertz CT molecular complexity index is 415. The summed E-state index contributed by atoms with van der Waals surface area (Å²) >= 11 is 0. The zero-order valence-electron chi connectivity index (χ0n) is 10.8. The maximum Gasteiger partial charge on any atom is 0.276 e. The van der Waals surface area contributed by atoms with E-state index in [9.17, 15) is 4.79 Å². The van der Waals surface area contributed by atoms with Crippen molar-refractivity contribution in [3.05, 3.63) is 11.8 Å². The molecule has 1 aromatic rings. The van der Waals surface area contributed by atoms with Gasteiger partial charge in [0, 0.05) is 17.9 Å². The van der Waals surface area contributed by atoms with E-state index in [-0.39, 0.29) is 5.92 Å². The predicted molar refractivity (Wildman–Crippen MR) is 65.9 cm³/mol. The molecule has 0 spiro atoms. The van der Waals surface area contributed by atoms with Gasteiger partial charge in [0.15, 0.2) is 5.75 Å². The van der Waals surface area contributed by atoms with Crippen molar-refractivity contribution in [2.45, 2.75) is 31.6 Å². The topological polar surface area (TPSA) is 61.3 Å². The fourth-order valence-corrected chi connectivity index (χ4v) is 2.42. The van der Waals surface area contributed by atoms with Crippen LogP contribution in [0.1, 0.15) is 37.3 Å². The zero-order valence-corrected chi connectivity index (χ0v) is 10.8. The molecule has 98 valence electrons. The smallest absolute Gasteiger partial charge is 0.276 e. The number of hydrogen-bond donors (Lipinski definition) is 0. The van der Waals surface area contributed by atoms with E-state index in [0.29, 0.717) is 17.5 Å². The lowest BCUT2D eigenvalue weighted by atomic mass is 9.81. The molecule has 18 heavy (non-hydrogen) atoms. The highest BCUT2D eigenvalue weighted by Gasteiger charge is 2.24. The van der Waals surface area contributed by atoms with Gasteiger partial charge < -0.3 is 14.3 Å². The molecule has 0 aliphatic heterocycles. The van der Waals surface area contributed by atoms with E-state index >= 15 is 0 Å². The predicted octanol–water partition coefficient (Wildman–Crippen LogP) is 1.97. The van der Waals surface area contributed by atoms with Crippen molar-refractivity contribution in [1.29, 1.82) is 0 Å². The molecule has 0 saturated heterocycles. The number of aldehydes is 1. The van der Waals surface area contributed by atoms with Crippen LogP contribution >= 0.6 is 0 Å². The summed E-state index contributed by atoms with van der Waals surface area (Å²) in [7, 11) is 3.13. The van der Waals surface area contributed by atoms with Crippen LogP contribution in [0.3, 0.4) is 0 Å². The van der Waals surface area contributed by atoms with Gasteiger partial charge in [0.05, 0.1) is 19.9 Å². The molecule has 0 atom stereocenters. The van der Waals surface area contributed by atoms with E-state index < -0.39 is 0 Å². The molecule has 0 radical (unpaired) electrons. The third kappa shape index (κ3) is 2.60. The monoisotopic (exact) mass is 250 g/mol. The number of methoxy groups -OCH3 is 2. The Hall–Kier alpha value is -1.65. The minimum Gasteiger partial charge on any atom is -0.491 e. The Balaban J connectivity index is 2.12. The summed E-state index contributed by atoms with van der Waals surface area (Å²) in [6.07, 6.45) is 4.89. The molecule has 1 fully saturated rings. The number of hydrogen-bond acceptors (Lipinski definition) is 5. The van der Waals surface area contributed by atoms with Crippen molar-refractivity contribution in [1.82, 2.24) is 10.2 Å². The van der Waals surface area contributed by atoms with E-state index in [1.165, 1.54) is 0 Å². The number of carbonyl (C=O) groups is 1. The average molecular weight is 250 g/mol. The highest BCUT2D eigenvalue weighted by atomic mass is 16.5. The van der Waals surface area contributed by atoms with Crippen LogP contribution in [0, 0.1) is 5.92 Å². The fraction of sp³-hybridized carbons (Fsp3) is 0.615. The van der Waals surface area contributed by atoms with Gasteiger partial charge in [-0.05, 0) is 25.7 Å². The molecule has 2 rings (SSSR count). The summed E-state index contributed by atoms with van der Waals surface area (Å²) in [5.41, 5.74) is 0.928. The molecule has 5 heteroatoms. The van der Waals surface area contributed by atoms with Gasteiger partial charge in [0.25, 0.3) is 5.88 Å². The van der Waals surface area contributed by atoms with Gasteiger partial charge in [-0.15, -0.1) is 5.10 Å². The van der Waals surface area contributed by atoms with Crippen LogP contribution in [0.4, 0.5) is 0 Å². The average Bonchev–Trinajstić information content (AvgIpc) is 2.46. The second-order valence-electron chi connectivity index (χ2n) is 4.59. The fourth-order valence-electron chi connectivity index (χ4n) is 2.42. The molecule has 0 unspecified atom stereocenters. The second-order valence-corrected chi connectivity index (χ2v) is 4.59. The van der Waals surface area contributed by atoms with Gasteiger partial charge in [-0.3, -0.25) is 0 Å². The second kappa shape index (κ2) is 5.80. The van der Waals surface area contributed by atoms with Crippen LogP contribution in [0.25, 0.3) is 0 Å². The lowest BCUT2D eigenvalue weighted by Gasteiger charge is -2.24. The first-order valence-electron chi connectivity index (χ1n) is 6.19. The van der Waals surface area contributed by atoms with Crippen molar-refractivity contribution < 1.29 is 14.3 Å². The van der Waals surface area contributed by atoms with Crippen molar-refractivity contribution in [2.24, 2.45) is 5.92 Å². The summed E-state index contributed by atoms with van der Waals surface area (Å²) in [6.45, 7) is 0. The first kappa shape index (κ1) is 12.8. The number of aromatic nitrogens is 2. The lowest BCUT2D eigenvalue weighted by Crippen LogP contribution is -2.15. The van der Waals surface area contributed by atoms with E-state index in [1.54, 1.807) is 14.2 Å². The quantitative estimate of drug-likeness (QED) is 0.764. The highest BCUT2D eigenvalue weighted by Crippen LogP contribution is 2.36. The molecule has 5 nitrogen and oxygen atoms in total. The van der Waals surface area contributed by atoms with Crippen LogP contribution < -0.4 is 9.47 Å². The molecule has 1 aliphatic rings. The minimum absolute atomic E-state index is 0.217. The molecule has 0 amide bonds. The summed E-state index contributed by atoms with van der Waals surface area (Å²) in [4.78, 5) is 10.7. The van der Waals surface area contributed by atoms with Gasteiger partial charge in [-0.2, -0.15) is 5.10 Å². The van der Waals surface area contributed by atoms with Crippen LogP contribution in [-0.4, -0.2) is 30.7 Å². The van der Waals surface area contributed by atoms with Crippen LogP contribution in [-0.2, 0) is 4.79 Å². The van der Waals surface area contributed by atoms with Crippen molar-refractivity contribution in [2.75, 3.05) is 14.2 Å². The highest BCUT2D eigenvalue weighted by molar-refractivity contribution is 5.53. The standard InChI is InChI=1S/C13H18N2O3/c1-17-12-7-11(14-15-13(12)18-2)10-5-3-9(8-16)4-6-10/h7-10H,3-6H2,1-2H3. The van der Waals surface area contributed by atoms with Crippen molar-refractivity contribution in [3.63, 3.8) is 0 Å². The third-order valence-corrected chi connectivity index (χ3v) is 3.54. The van der Waals surface area contributed by atoms with Gasteiger partial charge in [-0.25, -0.2) is 0 Å². The lowest BCUT2D eigenvalue weighted by molar-refractivity contribution is -0.111. The van der Waals surface area contributed by atoms with Crippen LogP contribution in [0.2, 0.25) is 0 Å². The molecule has 1 aromatic heterocycles. The summed E-state index contributed by atoms with van der Waals surface area (Å²) in [5, 5.41) is 8.20. The summed E-state index contributed by atoms with van der Waals surface area (Å²) in [6, 6.07) is 1.89. The number of rotatable bonds is 4. The number of carbonyl (C=O) groups excluding carboxylic acids is 1. The van der Waals surface area contributed by atoms with E-state index in [4.69, 9.17) is 9.47 Å². The van der Waals surface area contributed by atoms with Gasteiger partial charge >= 0.3 is 0 Å². The van der Waals surface area contributed by atoms with E-state index in [2.05, 4.69) is 10.2 Å². The first-order chi connectivity index (χ1) is 8.78. The third-order valence-electron chi connectivity index (χ3n) is 3.54. The molecule has 1 aliphatic carbocycles. The Morgan fingerprint density at radius 1 is 1.17 bits per heavy atom. The minimum atomic E-state index is 0.217. The SMILES string of the molecule is COc1cc(C2CCC(C=O)CC2)nnc1OC. The number of nitrogens with zero attached hydrogens (tertiary/aromatic N) is 2. The Labute approximate surface area is 107 Å². The normalized spacial score (nSPS) is 23.4. The van der Waals surface area contributed by atoms with Crippen LogP contribution in [0.15, 0.2) is 6.07 Å². The molecular weight excluding hydrogens is 232 g/mol. The maximum atomic E-state index is 10.7. The maximum absolute atomic E-state index is 10.7. The Morgan fingerprint density at radius 3 is 2.44 bits per heavy atom. The Kier molecular flexibility index (Phi) is 4.12. The van der Waals surface area contributed by atoms with Gasteiger partial charge in [0.2, 0.25) is 0 Å². The zero-order chi connectivity index (χ0) is 13.0. The number of ether oxygens (including phenoxy) is 2. The molecule has 0 N–H and O–H groups in total. The van der Waals surface area contributed by atoms with Crippen molar-refractivity contribution >= 4 is 6.29 Å². The molecule has 1 saturated carbocycles. The van der Waals surface area contributed by atoms with Gasteiger partial charge in [0.1, 0.15) is 6.29 Å². The first-order valence-corrected chi connectivity index (χ1v) is 6.19. The molecule has 0 bridgehead atoms. The summed E-state index contributed by atoms with van der Waals surface area (Å²) < 4.78 is 10.3. The van der Waals surface area contributed by atoms with E-state index in [1.807, 2.05) is 6.07 Å². The van der Waals surface area contributed by atoms with Gasteiger partial charge in [-0.1, -0.05) is 0 Å². The van der Waals surface area contributed by atoms with Crippen LogP contribution in [0.5, 0.6) is 11.6 Å². The molecule has 1 heterocycles. The largest absolute Gasteiger partial charge is 0.491 e.